The van der Waals surface area contributed by atoms with Crippen LogP contribution in [0.2, 0.25) is 0 Å². The fraction of sp³-hybridized carbons (Fsp3) is 0.125. The molecule has 2 N–H and O–H groups in total. The van der Waals surface area contributed by atoms with Gasteiger partial charge in [-0.25, -0.2) is 9.63 Å². The number of carbonyl (C=O) groups is 1. The van der Waals surface area contributed by atoms with Crippen LogP contribution in [-0.4, -0.2) is 32.3 Å². The number of nitrogens with one attached hydrogen (secondary N) is 1. The number of carboxylic acids is 1. The standard InChI is InChI=1S/C16H16N2O5S/c1-12-5-7-15(8-6-12)24(21,22)18-17-10-13-3-2-4-14(9-13)23-11-16(19)20/h2-10,18H,11H2,1H3,(H,19,20)/b17-10-. The van der Waals surface area contributed by atoms with E-state index in [1.165, 1.54) is 18.3 Å². The van der Waals surface area contributed by atoms with Crippen LogP contribution in [0.5, 0.6) is 5.75 Å². The molecule has 0 aliphatic rings. The van der Waals surface area contributed by atoms with Crippen molar-refractivity contribution in [3.63, 3.8) is 0 Å². The predicted octanol–water partition coefficient (Wildman–Crippen LogP) is 1.77. The van der Waals surface area contributed by atoms with Gasteiger partial charge >= 0.3 is 5.97 Å². The van der Waals surface area contributed by atoms with Crippen molar-refractivity contribution in [3.05, 3.63) is 59.7 Å². The van der Waals surface area contributed by atoms with Gasteiger partial charge in [-0.05, 0) is 36.8 Å². The lowest BCUT2D eigenvalue weighted by molar-refractivity contribution is -0.139. The van der Waals surface area contributed by atoms with E-state index >= 15 is 0 Å². The molecule has 0 fully saturated rings. The molecular weight excluding hydrogens is 332 g/mol. The largest absolute Gasteiger partial charge is 0.482 e. The van der Waals surface area contributed by atoms with Gasteiger partial charge in [-0.15, -0.1) is 0 Å². The summed E-state index contributed by atoms with van der Waals surface area (Å²) in [6, 6.07) is 12.8. The number of hydrazone groups is 1. The van der Waals surface area contributed by atoms with Gasteiger partial charge in [0.15, 0.2) is 6.61 Å². The SMILES string of the molecule is Cc1ccc(S(=O)(=O)N/N=C\c2cccc(OCC(=O)O)c2)cc1. The zero-order chi connectivity index (χ0) is 17.6. The Morgan fingerprint density at radius 2 is 1.96 bits per heavy atom. The van der Waals surface area contributed by atoms with Crippen LogP contribution in [0.25, 0.3) is 0 Å². The molecule has 0 radical (unpaired) electrons. The van der Waals surface area contributed by atoms with E-state index in [-0.39, 0.29) is 4.90 Å². The van der Waals surface area contributed by atoms with Gasteiger partial charge in [0, 0.05) is 0 Å². The summed E-state index contributed by atoms with van der Waals surface area (Å²) < 4.78 is 29.2. The number of aryl methyl sites for hydroxylation is 1. The van der Waals surface area contributed by atoms with Crippen LogP contribution in [0, 0.1) is 6.92 Å². The number of rotatable bonds is 7. The molecule has 2 rings (SSSR count). The highest BCUT2D eigenvalue weighted by atomic mass is 32.2. The van der Waals surface area contributed by atoms with Crippen molar-refractivity contribution in [2.45, 2.75) is 11.8 Å². The van der Waals surface area contributed by atoms with E-state index < -0.39 is 22.6 Å². The highest BCUT2D eigenvalue weighted by molar-refractivity contribution is 7.89. The van der Waals surface area contributed by atoms with Gasteiger partial charge < -0.3 is 9.84 Å². The van der Waals surface area contributed by atoms with Crippen LogP contribution in [0.15, 0.2) is 58.5 Å². The molecule has 0 aliphatic heterocycles. The number of hydrogen-bond donors (Lipinski definition) is 2. The number of ether oxygens (including phenoxy) is 1. The minimum atomic E-state index is -3.74. The maximum Gasteiger partial charge on any atom is 0.341 e. The minimum Gasteiger partial charge on any atom is -0.482 e. The lowest BCUT2D eigenvalue weighted by Crippen LogP contribution is -2.18. The van der Waals surface area contributed by atoms with Gasteiger partial charge in [-0.3, -0.25) is 0 Å². The van der Waals surface area contributed by atoms with Crippen molar-refractivity contribution in [1.29, 1.82) is 0 Å². The minimum absolute atomic E-state index is 0.115. The first-order valence-electron chi connectivity index (χ1n) is 6.93. The molecule has 0 atom stereocenters. The van der Waals surface area contributed by atoms with Crippen LogP contribution < -0.4 is 9.57 Å². The number of benzene rings is 2. The second kappa shape index (κ2) is 7.60. The van der Waals surface area contributed by atoms with E-state index in [9.17, 15) is 13.2 Å². The number of nitrogens with zero attached hydrogens (tertiary/aromatic N) is 1. The molecule has 0 aromatic heterocycles. The summed E-state index contributed by atoms with van der Waals surface area (Å²) in [6.45, 7) is 1.40. The maximum atomic E-state index is 12.1. The van der Waals surface area contributed by atoms with Crippen molar-refractivity contribution in [1.82, 2.24) is 4.83 Å². The van der Waals surface area contributed by atoms with Gasteiger partial charge in [0.1, 0.15) is 5.75 Å². The van der Waals surface area contributed by atoms with Gasteiger partial charge in [0.05, 0.1) is 11.1 Å². The lowest BCUT2D eigenvalue weighted by atomic mass is 10.2. The Hall–Kier alpha value is -2.87. The molecule has 24 heavy (non-hydrogen) atoms. The molecule has 0 heterocycles. The number of hydrogen-bond acceptors (Lipinski definition) is 5. The molecule has 0 bridgehead atoms. The first kappa shape index (κ1) is 17.5. The fourth-order valence-corrected chi connectivity index (χ4v) is 2.56. The third-order valence-electron chi connectivity index (χ3n) is 2.94. The Kier molecular flexibility index (Phi) is 5.54. The molecule has 2 aromatic carbocycles. The summed E-state index contributed by atoms with van der Waals surface area (Å²) in [5.74, 6) is -0.734. The van der Waals surface area contributed by atoms with Gasteiger partial charge in [-0.1, -0.05) is 29.8 Å². The van der Waals surface area contributed by atoms with E-state index in [2.05, 4.69) is 9.93 Å². The number of carboxylic acid groups (broad SMARTS) is 1. The number of sulfonamides is 1. The normalized spacial score (nSPS) is 11.4. The first-order chi connectivity index (χ1) is 11.4. The zero-order valence-electron chi connectivity index (χ0n) is 12.8. The third kappa shape index (κ3) is 5.10. The average Bonchev–Trinajstić information content (AvgIpc) is 2.53. The van der Waals surface area contributed by atoms with E-state index in [1.807, 2.05) is 6.92 Å². The molecule has 7 nitrogen and oxygen atoms in total. The van der Waals surface area contributed by atoms with Gasteiger partial charge in [-0.2, -0.15) is 13.5 Å². The van der Waals surface area contributed by atoms with Crippen LogP contribution in [-0.2, 0) is 14.8 Å². The van der Waals surface area contributed by atoms with Gasteiger partial charge in [0.25, 0.3) is 10.0 Å². The molecule has 0 saturated carbocycles. The maximum absolute atomic E-state index is 12.1. The van der Waals surface area contributed by atoms with E-state index in [0.29, 0.717) is 11.3 Å². The summed E-state index contributed by atoms with van der Waals surface area (Å²) in [5, 5.41) is 12.3. The molecule has 0 amide bonds. The van der Waals surface area contributed by atoms with Crippen LogP contribution >= 0.6 is 0 Å². The molecule has 2 aromatic rings. The van der Waals surface area contributed by atoms with E-state index in [4.69, 9.17) is 9.84 Å². The van der Waals surface area contributed by atoms with Crippen LogP contribution in [0.4, 0.5) is 0 Å². The monoisotopic (exact) mass is 348 g/mol. The Balaban J connectivity index is 2.04. The highest BCUT2D eigenvalue weighted by Crippen LogP contribution is 2.12. The van der Waals surface area contributed by atoms with Crippen molar-refractivity contribution in [3.8, 4) is 5.75 Å². The molecule has 0 unspecified atom stereocenters. The topological polar surface area (TPSA) is 105 Å². The predicted molar refractivity (Wildman–Crippen MR) is 88.7 cm³/mol. The second-order valence-electron chi connectivity index (χ2n) is 4.92. The second-order valence-corrected chi connectivity index (χ2v) is 6.58. The van der Waals surface area contributed by atoms with Crippen LogP contribution in [0.1, 0.15) is 11.1 Å². The summed E-state index contributed by atoms with van der Waals surface area (Å²) in [4.78, 5) is 12.7. The van der Waals surface area contributed by atoms with Crippen molar-refractivity contribution in [2.24, 2.45) is 5.10 Å². The fourth-order valence-electron chi connectivity index (χ4n) is 1.77. The summed E-state index contributed by atoms with van der Waals surface area (Å²) in [5.41, 5.74) is 1.51. The summed E-state index contributed by atoms with van der Waals surface area (Å²) >= 11 is 0. The molecule has 0 spiro atoms. The molecule has 0 saturated heterocycles. The molecule has 0 aliphatic carbocycles. The Bertz CT molecular complexity index is 845. The Morgan fingerprint density at radius 1 is 1.25 bits per heavy atom. The van der Waals surface area contributed by atoms with Crippen molar-refractivity contribution >= 4 is 22.2 Å². The van der Waals surface area contributed by atoms with E-state index in [1.54, 1.807) is 36.4 Å². The quantitative estimate of drug-likeness (QED) is 0.586. The van der Waals surface area contributed by atoms with Crippen molar-refractivity contribution in [2.75, 3.05) is 6.61 Å². The van der Waals surface area contributed by atoms with E-state index in [0.717, 1.165) is 5.56 Å². The number of aliphatic carboxylic acids is 1. The van der Waals surface area contributed by atoms with Crippen molar-refractivity contribution < 1.29 is 23.1 Å². The zero-order valence-corrected chi connectivity index (χ0v) is 13.7. The Morgan fingerprint density at radius 3 is 2.62 bits per heavy atom. The molecular formula is C16H16N2O5S. The highest BCUT2D eigenvalue weighted by Gasteiger charge is 2.11. The molecule has 8 heteroatoms. The molecule has 126 valence electrons. The van der Waals surface area contributed by atoms with Crippen LogP contribution in [0.3, 0.4) is 0 Å². The Labute approximate surface area is 139 Å². The summed E-state index contributed by atoms with van der Waals surface area (Å²) in [7, 11) is -3.74. The smallest absolute Gasteiger partial charge is 0.341 e. The third-order valence-corrected chi connectivity index (χ3v) is 4.18. The average molecular weight is 348 g/mol. The van der Waals surface area contributed by atoms with Gasteiger partial charge in [0.2, 0.25) is 0 Å². The summed E-state index contributed by atoms with van der Waals surface area (Å²) in [6.07, 6.45) is 1.30. The first-order valence-corrected chi connectivity index (χ1v) is 8.41. The lowest BCUT2D eigenvalue weighted by Gasteiger charge is -2.04.